The van der Waals surface area contributed by atoms with Crippen molar-refractivity contribution in [3.63, 3.8) is 0 Å². The van der Waals surface area contributed by atoms with Gasteiger partial charge in [0.15, 0.2) is 5.78 Å². The molecule has 5 rings (SSSR count). The summed E-state index contributed by atoms with van der Waals surface area (Å²) in [6, 6.07) is 2.10. The van der Waals surface area contributed by atoms with Gasteiger partial charge in [-0.25, -0.2) is 13.1 Å². The molecule has 0 spiro atoms. The number of ketones is 1. The quantitative estimate of drug-likeness (QED) is 0.207. The molecule has 3 fully saturated rings. The molecule has 4 aliphatic rings. The molecule has 1 aromatic rings. The number of rotatable bonds is 13. The predicted molar refractivity (Wildman–Crippen MR) is 159 cm³/mol. The minimum atomic E-state index is -3.60. The zero-order valence-corrected chi connectivity index (χ0v) is 26.2. The Labute approximate surface area is 258 Å². The zero-order chi connectivity index (χ0) is 31.5. The largest absolute Gasteiger partial charge is 0.379 e. The van der Waals surface area contributed by atoms with Crippen molar-refractivity contribution >= 4 is 33.5 Å². The lowest BCUT2D eigenvalue weighted by Crippen LogP contribution is -2.57. The molecule has 1 saturated carbocycles. The van der Waals surface area contributed by atoms with Crippen molar-refractivity contribution in [2.24, 2.45) is 5.92 Å². The molecule has 3 heterocycles. The van der Waals surface area contributed by atoms with E-state index in [9.17, 15) is 27.6 Å². The lowest BCUT2D eigenvalue weighted by Gasteiger charge is -2.31. The summed E-state index contributed by atoms with van der Waals surface area (Å²) in [5.41, 5.74) is 0.370. The topological polar surface area (TPSA) is 176 Å². The molecule has 44 heavy (non-hydrogen) atoms. The average Bonchev–Trinajstić information content (AvgIpc) is 3.71. The minimum absolute atomic E-state index is 0.0604. The van der Waals surface area contributed by atoms with Gasteiger partial charge in [-0.1, -0.05) is 31.4 Å². The van der Waals surface area contributed by atoms with Crippen LogP contribution in [0.3, 0.4) is 0 Å². The summed E-state index contributed by atoms with van der Waals surface area (Å²) >= 11 is 0. The summed E-state index contributed by atoms with van der Waals surface area (Å²) in [6.45, 7) is 6.30. The number of ether oxygens (including phenoxy) is 2. The van der Waals surface area contributed by atoms with Gasteiger partial charge in [-0.3, -0.25) is 24.1 Å². The summed E-state index contributed by atoms with van der Waals surface area (Å²) in [6.07, 6.45) is 4.13. The molecule has 0 radical (unpaired) electrons. The Hall–Kier alpha value is -2.91. The van der Waals surface area contributed by atoms with Gasteiger partial charge in [0.1, 0.15) is 17.7 Å². The summed E-state index contributed by atoms with van der Waals surface area (Å²) in [4.78, 5) is 55.2. The first-order valence-electron chi connectivity index (χ1n) is 15.4. The fourth-order valence-electron chi connectivity index (χ4n) is 5.86. The van der Waals surface area contributed by atoms with E-state index in [4.69, 9.17) is 9.47 Å². The highest BCUT2D eigenvalue weighted by atomic mass is 32.2. The smallest absolute Gasteiger partial charge is 0.243 e. The molecule has 0 bridgehead atoms. The van der Waals surface area contributed by atoms with Crippen LogP contribution in [0.5, 0.6) is 0 Å². The highest BCUT2D eigenvalue weighted by molar-refractivity contribution is 7.89. The molecule has 1 aromatic carbocycles. The van der Waals surface area contributed by atoms with Crippen molar-refractivity contribution in [3.8, 4) is 0 Å². The standard InChI is InChI=1S/C30H43N5O8S/c1-19(32-26(36)17-35-10-12-42-13-11-35)28(38)34-24(16-21-6-7-25-22(14-21)8-9-31-44(25,40)41)29(39)33-23(15-20-4-3-5-20)27(37)30(2)18-43-30/h6-7,14,19-20,23-24,31H,3-5,8-13,15-18H2,1-2H3,(H,32,36)(H,33,39)(H,34,38). The van der Waals surface area contributed by atoms with Gasteiger partial charge in [0, 0.05) is 26.1 Å². The Bertz CT molecular complexity index is 1370. The van der Waals surface area contributed by atoms with Crippen molar-refractivity contribution in [1.82, 2.24) is 25.6 Å². The first-order chi connectivity index (χ1) is 20.9. The van der Waals surface area contributed by atoms with Gasteiger partial charge in [0.25, 0.3) is 0 Å². The third-order valence-corrected chi connectivity index (χ3v) is 10.5. The maximum absolute atomic E-state index is 13.8. The maximum atomic E-state index is 13.8. The number of nitrogens with zero attached hydrogens (tertiary/aromatic N) is 1. The molecular formula is C30H43N5O8S. The van der Waals surface area contributed by atoms with Crippen LogP contribution in [0.1, 0.15) is 50.7 Å². The second-order valence-corrected chi connectivity index (χ2v) is 14.2. The zero-order valence-electron chi connectivity index (χ0n) is 25.4. The van der Waals surface area contributed by atoms with Gasteiger partial charge in [-0.15, -0.1) is 0 Å². The molecule has 4 unspecified atom stereocenters. The number of hydrogen-bond donors (Lipinski definition) is 4. The molecule has 4 N–H and O–H groups in total. The number of Topliss-reactive ketones (excluding diaryl/α,β-unsaturated/α-hetero) is 1. The molecule has 242 valence electrons. The number of morpholine rings is 1. The third-order valence-electron chi connectivity index (χ3n) is 8.94. The van der Waals surface area contributed by atoms with Crippen molar-refractivity contribution in [2.75, 3.05) is 46.0 Å². The summed E-state index contributed by atoms with van der Waals surface area (Å²) in [5, 5.41) is 8.38. The fourth-order valence-corrected chi connectivity index (χ4v) is 7.14. The van der Waals surface area contributed by atoms with Crippen molar-refractivity contribution < 1.29 is 37.1 Å². The third kappa shape index (κ3) is 8.02. The van der Waals surface area contributed by atoms with E-state index in [0.717, 1.165) is 19.3 Å². The number of carbonyl (C=O) groups excluding carboxylic acids is 4. The van der Waals surface area contributed by atoms with Gasteiger partial charge < -0.3 is 25.4 Å². The van der Waals surface area contributed by atoms with Gasteiger partial charge in [0.05, 0.1) is 37.3 Å². The Morgan fingerprint density at radius 1 is 1.07 bits per heavy atom. The van der Waals surface area contributed by atoms with E-state index in [1.54, 1.807) is 26.0 Å². The number of hydrogen-bond acceptors (Lipinski definition) is 9. The highest BCUT2D eigenvalue weighted by Crippen LogP contribution is 2.34. The lowest BCUT2D eigenvalue weighted by atomic mass is 9.79. The number of sulfonamides is 1. The minimum Gasteiger partial charge on any atom is -0.379 e. The number of carbonyl (C=O) groups is 4. The second kappa shape index (κ2) is 13.6. The lowest BCUT2D eigenvalue weighted by molar-refractivity contribution is -0.134. The van der Waals surface area contributed by atoms with Gasteiger partial charge >= 0.3 is 0 Å². The highest BCUT2D eigenvalue weighted by Gasteiger charge is 2.50. The molecule has 3 amide bonds. The van der Waals surface area contributed by atoms with E-state index in [-0.39, 0.29) is 36.1 Å². The Morgan fingerprint density at radius 2 is 1.77 bits per heavy atom. The molecule has 4 atom stereocenters. The Kier molecular flexibility index (Phi) is 10.0. The van der Waals surface area contributed by atoms with Crippen LogP contribution in [0.15, 0.2) is 23.1 Å². The van der Waals surface area contributed by atoms with E-state index in [1.165, 1.54) is 6.07 Å². The summed E-state index contributed by atoms with van der Waals surface area (Å²) < 4.78 is 38.1. The SMILES string of the molecule is CC(NC(=O)CN1CCOCC1)C(=O)NC(Cc1ccc2c(c1)CCNS2(=O)=O)C(=O)NC(CC1CCC1)C(=O)C1(C)CO1. The number of fused-ring (bicyclic) bond motifs is 1. The van der Waals surface area contributed by atoms with Crippen molar-refractivity contribution in [2.45, 2.75) is 81.0 Å². The van der Waals surface area contributed by atoms with Crippen LogP contribution in [-0.4, -0.2) is 107 Å². The Morgan fingerprint density at radius 3 is 2.43 bits per heavy atom. The fraction of sp³-hybridized carbons (Fsp3) is 0.667. The van der Waals surface area contributed by atoms with Crippen LogP contribution in [0, 0.1) is 5.92 Å². The van der Waals surface area contributed by atoms with E-state index in [1.807, 2.05) is 4.90 Å². The first-order valence-corrected chi connectivity index (χ1v) is 16.9. The van der Waals surface area contributed by atoms with Crippen molar-refractivity contribution in [3.05, 3.63) is 29.3 Å². The normalized spacial score (nSPS) is 25.0. The van der Waals surface area contributed by atoms with E-state index < -0.39 is 45.6 Å². The summed E-state index contributed by atoms with van der Waals surface area (Å²) in [5.74, 6) is -1.25. The van der Waals surface area contributed by atoms with Crippen LogP contribution >= 0.6 is 0 Å². The van der Waals surface area contributed by atoms with Crippen LogP contribution in [0.25, 0.3) is 0 Å². The van der Waals surface area contributed by atoms with Gasteiger partial charge in [0.2, 0.25) is 27.7 Å². The molecule has 3 aliphatic heterocycles. The molecule has 0 aromatic heterocycles. The number of epoxide rings is 1. The van der Waals surface area contributed by atoms with Crippen molar-refractivity contribution in [1.29, 1.82) is 0 Å². The number of benzene rings is 1. The maximum Gasteiger partial charge on any atom is 0.243 e. The monoisotopic (exact) mass is 633 g/mol. The van der Waals surface area contributed by atoms with Crippen LogP contribution in [0.4, 0.5) is 0 Å². The predicted octanol–water partition coefficient (Wildman–Crippen LogP) is -0.582. The average molecular weight is 634 g/mol. The van der Waals surface area contributed by atoms with Crippen LogP contribution < -0.4 is 20.7 Å². The second-order valence-electron chi connectivity index (χ2n) is 12.5. The van der Waals surface area contributed by atoms with Gasteiger partial charge in [-0.2, -0.15) is 0 Å². The van der Waals surface area contributed by atoms with E-state index in [2.05, 4.69) is 20.7 Å². The molecule has 1 aliphatic carbocycles. The first kappa shape index (κ1) is 32.5. The Balaban J connectivity index is 1.30. The number of nitrogens with one attached hydrogen (secondary N) is 4. The molecule has 13 nitrogen and oxygen atoms in total. The number of amides is 3. The van der Waals surface area contributed by atoms with Crippen LogP contribution in [-0.2, 0) is 51.5 Å². The van der Waals surface area contributed by atoms with Gasteiger partial charge in [-0.05, 0) is 49.8 Å². The van der Waals surface area contributed by atoms with Crippen LogP contribution in [0.2, 0.25) is 0 Å². The molecule has 14 heteroatoms. The summed E-state index contributed by atoms with van der Waals surface area (Å²) in [7, 11) is -3.60. The van der Waals surface area contributed by atoms with E-state index in [0.29, 0.717) is 62.8 Å². The van der Waals surface area contributed by atoms with E-state index >= 15 is 0 Å². The molecule has 2 saturated heterocycles. The molecular weight excluding hydrogens is 590 g/mol.